The summed E-state index contributed by atoms with van der Waals surface area (Å²) >= 11 is 0. The Morgan fingerprint density at radius 2 is 2.05 bits per heavy atom. The second-order valence-electron chi connectivity index (χ2n) is 6.26. The average molecular weight is 293 g/mol. The van der Waals surface area contributed by atoms with E-state index in [0.29, 0.717) is 5.92 Å². The Morgan fingerprint density at radius 1 is 1.38 bits per heavy atom. The highest BCUT2D eigenvalue weighted by Gasteiger charge is 2.34. The maximum Gasteiger partial charge on any atom is 0.322 e. The highest BCUT2D eigenvalue weighted by molar-refractivity contribution is 5.75. The molecule has 1 unspecified atom stereocenters. The predicted octanol–water partition coefficient (Wildman–Crippen LogP) is 3.25. The second kappa shape index (κ2) is 7.03. The molecule has 21 heavy (non-hydrogen) atoms. The monoisotopic (exact) mass is 293 g/mol. The van der Waals surface area contributed by atoms with Crippen molar-refractivity contribution in [1.29, 1.82) is 0 Å². The minimum Gasteiger partial charge on any atom is -0.468 e. The summed E-state index contributed by atoms with van der Waals surface area (Å²) in [5.41, 5.74) is 0.786. The van der Waals surface area contributed by atoms with Crippen LogP contribution in [0.5, 0.6) is 0 Å². The fourth-order valence-electron chi connectivity index (χ4n) is 2.94. The van der Waals surface area contributed by atoms with E-state index in [4.69, 9.17) is 4.74 Å². The predicted molar refractivity (Wildman–Crippen MR) is 80.6 cm³/mol. The van der Waals surface area contributed by atoms with E-state index >= 15 is 0 Å². The third-order valence-electron chi connectivity index (χ3n) is 4.11. The molecule has 4 heteroatoms. The molecule has 0 bridgehead atoms. The molecule has 1 aliphatic carbocycles. The van der Waals surface area contributed by atoms with Gasteiger partial charge in [-0.2, -0.15) is 0 Å². The molecule has 1 saturated carbocycles. The van der Waals surface area contributed by atoms with Crippen molar-refractivity contribution in [2.75, 3.05) is 7.11 Å². The first-order valence-electron chi connectivity index (χ1n) is 7.59. The second-order valence-corrected chi connectivity index (χ2v) is 6.26. The lowest BCUT2D eigenvalue weighted by Crippen LogP contribution is -2.49. The standard InChI is InChI=1S/C17H24FNO2/c1-11(2)8-16(17(20)21-3)19-13-9-12(10-13)14-6-4-5-7-15(14)18/h4-7,11-13,16,19H,8-10H2,1-3H3. The Bertz CT molecular complexity index is 483. The Kier molecular flexibility index (Phi) is 5.34. The molecule has 1 atom stereocenters. The zero-order chi connectivity index (χ0) is 15.4. The number of hydrogen-bond acceptors (Lipinski definition) is 3. The zero-order valence-corrected chi connectivity index (χ0v) is 12.9. The highest BCUT2D eigenvalue weighted by atomic mass is 19.1. The van der Waals surface area contributed by atoms with Crippen LogP contribution < -0.4 is 5.32 Å². The number of esters is 1. The van der Waals surface area contributed by atoms with E-state index in [1.165, 1.54) is 13.2 Å². The first-order chi connectivity index (χ1) is 10.0. The van der Waals surface area contributed by atoms with E-state index in [2.05, 4.69) is 19.2 Å². The van der Waals surface area contributed by atoms with Crippen molar-refractivity contribution in [3.05, 3.63) is 35.6 Å². The first kappa shape index (κ1) is 16.0. The molecule has 3 nitrogen and oxygen atoms in total. The Labute approximate surface area is 125 Å². The molecule has 1 aliphatic rings. The van der Waals surface area contributed by atoms with Gasteiger partial charge in [0.05, 0.1) is 7.11 Å². The van der Waals surface area contributed by atoms with Crippen LogP contribution in [0.1, 0.15) is 44.6 Å². The molecule has 116 valence electrons. The van der Waals surface area contributed by atoms with Crippen LogP contribution in [0.25, 0.3) is 0 Å². The van der Waals surface area contributed by atoms with Gasteiger partial charge < -0.3 is 10.1 Å². The Hall–Kier alpha value is -1.42. The summed E-state index contributed by atoms with van der Waals surface area (Å²) in [6.45, 7) is 4.17. The number of methoxy groups -OCH3 is 1. The van der Waals surface area contributed by atoms with Crippen molar-refractivity contribution in [2.45, 2.75) is 51.1 Å². The summed E-state index contributed by atoms with van der Waals surface area (Å²) in [7, 11) is 1.42. The summed E-state index contributed by atoms with van der Waals surface area (Å²) in [6, 6.07) is 6.94. The molecule has 2 rings (SSSR count). The van der Waals surface area contributed by atoms with Crippen molar-refractivity contribution in [2.24, 2.45) is 5.92 Å². The molecule has 1 aromatic carbocycles. The Balaban J connectivity index is 1.88. The van der Waals surface area contributed by atoms with E-state index in [0.717, 1.165) is 24.8 Å². The molecule has 0 heterocycles. The van der Waals surface area contributed by atoms with Crippen molar-refractivity contribution in [1.82, 2.24) is 5.32 Å². The largest absolute Gasteiger partial charge is 0.468 e. The van der Waals surface area contributed by atoms with Crippen LogP contribution in [0.15, 0.2) is 24.3 Å². The molecule has 0 saturated heterocycles. The van der Waals surface area contributed by atoms with Gasteiger partial charge in [-0.3, -0.25) is 4.79 Å². The molecular weight excluding hydrogens is 269 g/mol. The summed E-state index contributed by atoms with van der Waals surface area (Å²) in [5.74, 6) is 0.329. The van der Waals surface area contributed by atoms with Crippen LogP contribution in [0.4, 0.5) is 4.39 Å². The van der Waals surface area contributed by atoms with Gasteiger partial charge in [0.1, 0.15) is 11.9 Å². The van der Waals surface area contributed by atoms with Gasteiger partial charge in [-0.05, 0) is 42.7 Å². The van der Waals surface area contributed by atoms with Gasteiger partial charge in [0.15, 0.2) is 0 Å². The van der Waals surface area contributed by atoms with Gasteiger partial charge in [0.25, 0.3) is 0 Å². The maximum absolute atomic E-state index is 13.7. The van der Waals surface area contributed by atoms with Crippen molar-refractivity contribution >= 4 is 5.97 Å². The lowest BCUT2D eigenvalue weighted by Gasteiger charge is -2.38. The maximum atomic E-state index is 13.7. The van der Waals surface area contributed by atoms with Gasteiger partial charge in [-0.25, -0.2) is 4.39 Å². The van der Waals surface area contributed by atoms with Gasteiger partial charge in [0.2, 0.25) is 0 Å². The number of benzene rings is 1. The van der Waals surface area contributed by atoms with Crippen LogP contribution in [-0.4, -0.2) is 25.2 Å². The fraction of sp³-hybridized carbons (Fsp3) is 0.588. The third-order valence-corrected chi connectivity index (χ3v) is 4.11. The van der Waals surface area contributed by atoms with E-state index in [9.17, 15) is 9.18 Å². The smallest absolute Gasteiger partial charge is 0.322 e. The van der Waals surface area contributed by atoms with Crippen molar-refractivity contribution in [3.63, 3.8) is 0 Å². The van der Waals surface area contributed by atoms with Crippen LogP contribution in [0, 0.1) is 11.7 Å². The summed E-state index contributed by atoms with van der Waals surface area (Å²) in [4.78, 5) is 11.8. The normalized spacial score (nSPS) is 22.7. The molecule has 1 fully saturated rings. The van der Waals surface area contributed by atoms with E-state index in [-0.39, 0.29) is 29.8 Å². The molecule has 0 radical (unpaired) electrons. The summed E-state index contributed by atoms with van der Waals surface area (Å²) in [5, 5.41) is 3.36. The molecule has 1 aromatic rings. The van der Waals surface area contributed by atoms with Gasteiger partial charge in [-0.15, -0.1) is 0 Å². The third kappa shape index (κ3) is 4.03. The Morgan fingerprint density at radius 3 is 2.62 bits per heavy atom. The van der Waals surface area contributed by atoms with Gasteiger partial charge in [0, 0.05) is 6.04 Å². The molecule has 0 spiro atoms. The van der Waals surface area contributed by atoms with Crippen LogP contribution in [0.2, 0.25) is 0 Å². The lowest BCUT2D eigenvalue weighted by molar-refractivity contribution is -0.144. The number of halogens is 1. The average Bonchev–Trinajstić information content (AvgIpc) is 2.41. The number of rotatable bonds is 6. The molecule has 0 aliphatic heterocycles. The quantitative estimate of drug-likeness (QED) is 0.818. The number of carbonyl (C=O) groups excluding carboxylic acids is 1. The minimum absolute atomic E-state index is 0.132. The van der Waals surface area contributed by atoms with Crippen molar-refractivity contribution < 1.29 is 13.9 Å². The molecular formula is C17H24FNO2. The number of ether oxygens (including phenoxy) is 1. The van der Waals surface area contributed by atoms with Gasteiger partial charge in [-0.1, -0.05) is 32.0 Å². The topological polar surface area (TPSA) is 38.3 Å². The van der Waals surface area contributed by atoms with E-state index in [1.807, 2.05) is 12.1 Å². The SMILES string of the molecule is COC(=O)C(CC(C)C)NC1CC(c2ccccc2F)C1. The molecule has 0 amide bonds. The van der Waals surface area contributed by atoms with E-state index in [1.54, 1.807) is 6.07 Å². The van der Waals surface area contributed by atoms with Gasteiger partial charge >= 0.3 is 5.97 Å². The number of hydrogen-bond donors (Lipinski definition) is 1. The van der Waals surface area contributed by atoms with Crippen molar-refractivity contribution in [3.8, 4) is 0 Å². The van der Waals surface area contributed by atoms with E-state index < -0.39 is 0 Å². The van der Waals surface area contributed by atoms with Crippen LogP contribution >= 0.6 is 0 Å². The van der Waals surface area contributed by atoms with Crippen LogP contribution in [-0.2, 0) is 9.53 Å². The zero-order valence-electron chi connectivity index (χ0n) is 12.9. The highest BCUT2D eigenvalue weighted by Crippen LogP contribution is 2.38. The molecule has 1 N–H and O–H groups in total. The van der Waals surface area contributed by atoms with Crippen LogP contribution in [0.3, 0.4) is 0 Å². The molecule has 0 aromatic heterocycles. The lowest BCUT2D eigenvalue weighted by atomic mass is 9.75. The number of nitrogens with one attached hydrogen (secondary N) is 1. The number of carbonyl (C=O) groups is 1. The minimum atomic E-state index is -0.262. The summed E-state index contributed by atoms with van der Waals surface area (Å²) < 4.78 is 18.6. The first-order valence-corrected chi connectivity index (χ1v) is 7.59. The fourth-order valence-corrected chi connectivity index (χ4v) is 2.94. The summed E-state index contributed by atoms with van der Waals surface area (Å²) in [6.07, 6.45) is 2.49.